The Kier molecular flexibility index (Phi) is 3.93. The van der Waals surface area contributed by atoms with Crippen LogP contribution in [0.2, 0.25) is 0 Å². The highest BCUT2D eigenvalue weighted by Crippen LogP contribution is 2.25. The maximum atomic E-state index is 12.5. The van der Waals surface area contributed by atoms with E-state index >= 15 is 0 Å². The van der Waals surface area contributed by atoms with Gasteiger partial charge in [-0.2, -0.15) is 0 Å². The molecule has 2 aromatic carbocycles. The van der Waals surface area contributed by atoms with Gasteiger partial charge in [-0.1, -0.05) is 47.5 Å². The monoisotopic (exact) mass is 267 g/mol. The van der Waals surface area contributed by atoms with Crippen molar-refractivity contribution in [2.75, 3.05) is 5.32 Å². The van der Waals surface area contributed by atoms with Crippen LogP contribution in [0.1, 0.15) is 30.5 Å². The summed E-state index contributed by atoms with van der Waals surface area (Å²) >= 11 is 0. The van der Waals surface area contributed by atoms with E-state index < -0.39 is 5.41 Å². The Bertz CT molecular complexity index is 594. The normalized spacial score (nSPS) is 11.2. The van der Waals surface area contributed by atoms with Crippen LogP contribution in [-0.4, -0.2) is 5.91 Å². The molecule has 0 aliphatic carbocycles. The van der Waals surface area contributed by atoms with Gasteiger partial charge in [0, 0.05) is 5.69 Å². The number of anilines is 1. The van der Waals surface area contributed by atoms with Crippen LogP contribution in [0.4, 0.5) is 5.69 Å². The quantitative estimate of drug-likeness (QED) is 0.886. The average molecular weight is 267 g/mol. The van der Waals surface area contributed by atoms with E-state index in [-0.39, 0.29) is 5.91 Å². The third kappa shape index (κ3) is 3.08. The van der Waals surface area contributed by atoms with Crippen molar-refractivity contribution in [2.24, 2.45) is 0 Å². The summed E-state index contributed by atoms with van der Waals surface area (Å²) in [6.45, 7) is 7.97. The van der Waals surface area contributed by atoms with Crippen molar-refractivity contribution in [3.8, 4) is 0 Å². The van der Waals surface area contributed by atoms with E-state index in [9.17, 15) is 4.79 Å². The molecule has 0 radical (unpaired) electrons. The van der Waals surface area contributed by atoms with Crippen LogP contribution < -0.4 is 5.32 Å². The molecule has 1 N–H and O–H groups in total. The molecule has 2 rings (SSSR count). The van der Waals surface area contributed by atoms with Gasteiger partial charge >= 0.3 is 0 Å². The molecule has 2 heteroatoms. The van der Waals surface area contributed by atoms with E-state index in [0.717, 1.165) is 11.3 Å². The van der Waals surface area contributed by atoms with Crippen molar-refractivity contribution < 1.29 is 4.79 Å². The number of amides is 1. The summed E-state index contributed by atoms with van der Waals surface area (Å²) < 4.78 is 0. The van der Waals surface area contributed by atoms with Gasteiger partial charge in [0.25, 0.3) is 0 Å². The fourth-order valence-corrected chi connectivity index (χ4v) is 2.03. The summed E-state index contributed by atoms with van der Waals surface area (Å²) in [6, 6.07) is 16.0. The standard InChI is InChI=1S/C18H21NO/c1-13-5-9-15(10-6-13)18(3,4)17(20)19-16-11-7-14(2)8-12-16/h5-12H,1-4H3,(H,19,20). The Morgan fingerprint density at radius 3 is 1.80 bits per heavy atom. The minimum absolute atomic E-state index is 0.00482. The van der Waals surface area contributed by atoms with Crippen LogP contribution in [0.3, 0.4) is 0 Å². The Hall–Kier alpha value is -2.09. The highest BCUT2D eigenvalue weighted by Gasteiger charge is 2.29. The third-order valence-corrected chi connectivity index (χ3v) is 3.65. The number of hydrogen-bond donors (Lipinski definition) is 1. The maximum absolute atomic E-state index is 12.5. The Morgan fingerprint density at radius 2 is 1.30 bits per heavy atom. The third-order valence-electron chi connectivity index (χ3n) is 3.65. The van der Waals surface area contributed by atoms with Crippen LogP contribution in [-0.2, 0) is 10.2 Å². The van der Waals surface area contributed by atoms with Gasteiger partial charge in [0.05, 0.1) is 5.41 Å². The second kappa shape index (κ2) is 5.49. The van der Waals surface area contributed by atoms with Crippen molar-refractivity contribution in [1.82, 2.24) is 0 Å². The van der Waals surface area contributed by atoms with E-state index in [4.69, 9.17) is 0 Å². The second-order valence-corrected chi connectivity index (χ2v) is 5.81. The van der Waals surface area contributed by atoms with E-state index in [1.54, 1.807) is 0 Å². The maximum Gasteiger partial charge on any atom is 0.234 e. The van der Waals surface area contributed by atoms with Gasteiger partial charge < -0.3 is 5.32 Å². The highest BCUT2D eigenvalue weighted by atomic mass is 16.2. The van der Waals surface area contributed by atoms with Gasteiger partial charge in [0.2, 0.25) is 5.91 Å². The summed E-state index contributed by atoms with van der Waals surface area (Å²) in [4.78, 5) is 12.5. The minimum Gasteiger partial charge on any atom is -0.325 e. The average Bonchev–Trinajstić information content (AvgIpc) is 2.42. The fraction of sp³-hybridized carbons (Fsp3) is 0.278. The van der Waals surface area contributed by atoms with Gasteiger partial charge in [0.15, 0.2) is 0 Å². The van der Waals surface area contributed by atoms with Crippen molar-refractivity contribution >= 4 is 11.6 Å². The Balaban J connectivity index is 2.18. The molecular formula is C18H21NO. The number of carbonyl (C=O) groups excluding carboxylic acids is 1. The van der Waals surface area contributed by atoms with E-state index in [2.05, 4.69) is 5.32 Å². The van der Waals surface area contributed by atoms with Crippen LogP contribution in [0.25, 0.3) is 0 Å². The SMILES string of the molecule is Cc1ccc(NC(=O)C(C)(C)c2ccc(C)cc2)cc1. The van der Waals surface area contributed by atoms with Gasteiger partial charge in [-0.05, 0) is 45.4 Å². The summed E-state index contributed by atoms with van der Waals surface area (Å²) in [7, 11) is 0. The fourth-order valence-electron chi connectivity index (χ4n) is 2.03. The molecule has 0 aliphatic rings. The summed E-state index contributed by atoms with van der Waals surface area (Å²) in [5, 5.41) is 2.98. The minimum atomic E-state index is -0.557. The predicted octanol–water partition coefficient (Wildman–Crippen LogP) is 4.22. The van der Waals surface area contributed by atoms with Crippen LogP contribution in [0, 0.1) is 13.8 Å². The molecule has 0 fully saturated rings. The molecule has 2 nitrogen and oxygen atoms in total. The first-order chi connectivity index (χ1) is 9.39. The van der Waals surface area contributed by atoms with Gasteiger partial charge in [0.1, 0.15) is 0 Å². The van der Waals surface area contributed by atoms with Gasteiger partial charge in [-0.25, -0.2) is 0 Å². The zero-order valence-electron chi connectivity index (χ0n) is 12.5. The summed E-state index contributed by atoms with van der Waals surface area (Å²) in [6.07, 6.45) is 0. The van der Waals surface area contributed by atoms with Gasteiger partial charge in [-0.3, -0.25) is 4.79 Å². The molecule has 20 heavy (non-hydrogen) atoms. The summed E-state index contributed by atoms with van der Waals surface area (Å²) in [5.41, 5.74) is 3.68. The molecule has 0 aliphatic heterocycles. The van der Waals surface area contributed by atoms with Crippen molar-refractivity contribution in [3.05, 3.63) is 65.2 Å². The number of aryl methyl sites for hydroxylation is 2. The lowest BCUT2D eigenvalue weighted by molar-refractivity contribution is -0.120. The smallest absolute Gasteiger partial charge is 0.234 e. The van der Waals surface area contributed by atoms with Crippen LogP contribution in [0.15, 0.2) is 48.5 Å². The van der Waals surface area contributed by atoms with Crippen molar-refractivity contribution in [3.63, 3.8) is 0 Å². The molecular weight excluding hydrogens is 246 g/mol. The Morgan fingerprint density at radius 1 is 0.850 bits per heavy atom. The molecule has 0 heterocycles. The molecule has 0 aromatic heterocycles. The van der Waals surface area contributed by atoms with E-state index in [1.165, 1.54) is 11.1 Å². The van der Waals surface area contributed by atoms with Crippen molar-refractivity contribution in [2.45, 2.75) is 33.1 Å². The predicted molar refractivity (Wildman–Crippen MR) is 84.0 cm³/mol. The number of nitrogens with one attached hydrogen (secondary N) is 1. The molecule has 0 atom stereocenters. The largest absolute Gasteiger partial charge is 0.325 e. The number of hydrogen-bond acceptors (Lipinski definition) is 1. The Labute approximate surface area is 120 Å². The number of carbonyl (C=O) groups is 1. The molecule has 0 bridgehead atoms. The van der Waals surface area contributed by atoms with Crippen LogP contribution >= 0.6 is 0 Å². The number of rotatable bonds is 3. The molecule has 0 saturated carbocycles. The zero-order chi connectivity index (χ0) is 14.8. The lowest BCUT2D eigenvalue weighted by atomic mass is 9.83. The lowest BCUT2D eigenvalue weighted by Crippen LogP contribution is -2.34. The first-order valence-corrected chi connectivity index (χ1v) is 6.85. The molecule has 1 amide bonds. The molecule has 104 valence electrons. The first-order valence-electron chi connectivity index (χ1n) is 6.85. The molecule has 0 spiro atoms. The lowest BCUT2D eigenvalue weighted by Gasteiger charge is -2.24. The second-order valence-electron chi connectivity index (χ2n) is 5.81. The van der Waals surface area contributed by atoms with Gasteiger partial charge in [-0.15, -0.1) is 0 Å². The highest BCUT2D eigenvalue weighted by molar-refractivity contribution is 5.98. The summed E-state index contributed by atoms with van der Waals surface area (Å²) in [5.74, 6) is 0.00482. The van der Waals surface area contributed by atoms with E-state index in [1.807, 2.05) is 76.2 Å². The van der Waals surface area contributed by atoms with Crippen molar-refractivity contribution in [1.29, 1.82) is 0 Å². The van der Waals surface area contributed by atoms with E-state index in [0.29, 0.717) is 0 Å². The zero-order valence-corrected chi connectivity index (χ0v) is 12.5. The molecule has 2 aromatic rings. The molecule has 0 saturated heterocycles. The topological polar surface area (TPSA) is 29.1 Å². The first kappa shape index (κ1) is 14.3. The number of benzene rings is 2. The molecule has 0 unspecified atom stereocenters. The van der Waals surface area contributed by atoms with Crippen LogP contribution in [0.5, 0.6) is 0 Å².